The summed E-state index contributed by atoms with van der Waals surface area (Å²) < 4.78 is 24.7. The van der Waals surface area contributed by atoms with Crippen molar-refractivity contribution in [3.63, 3.8) is 0 Å². The third kappa shape index (κ3) is 6.36. The molecular weight excluding hydrogens is 300 g/mol. The molecule has 0 fully saturated rings. The summed E-state index contributed by atoms with van der Waals surface area (Å²) >= 11 is 5.89. The van der Waals surface area contributed by atoms with Crippen LogP contribution in [-0.4, -0.2) is 32.7 Å². The van der Waals surface area contributed by atoms with Crippen LogP contribution in [0.1, 0.15) is 19.4 Å². The summed E-state index contributed by atoms with van der Waals surface area (Å²) in [6.45, 7) is 3.13. The highest BCUT2D eigenvalue weighted by Crippen LogP contribution is 2.12. The summed E-state index contributed by atoms with van der Waals surface area (Å²) in [5, 5.41) is 3.39. The summed E-state index contributed by atoms with van der Waals surface area (Å²) in [4.78, 5) is 11.6. The molecule has 0 bridgehead atoms. The molecule has 2 N–H and O–H groups in total. The van der Waals surface area contributed by atoms with Crippen LogP contribution in [0.15, 0.2) is 24.3 Å². The first-order valence-corrected chi connectivity index (χ1v) is 8.36. The predicted octanol–water partition coefficient (Wildman–Crippen LogP) is 1.33. The normalized spacial score (nSPS) is 12.9. The molecule has 0 aliphatic rings. The zero-order valence-electron chi connectivity index (χ0n) is 11.5. The van der Waals surface area contributed by atoms with E-state index < -0.39 is 10.0 Å². The summed E-state index contributed by atoms with van der Waals surface area (Å²) in [6, 6.07) is 7.29. The largest absolute Gasteiger partial charge is 0.352 e. The number of rotatable bonds is 7. The summed E-state index contributed by atoms with van der Waals surface area (Å²) in [5.41, 5.74) is 1.01. The van der Waals surface area contributed by atoms with Crippen molar-refractivity contribution < 1.29 is 13.2 Å². The van der Waals surface area contributed by atoms with E-state index in [0.717, 1.165) is 5.56 Å². The molecule has 0 radical (unpaired) electrons. The second-order valence-electron chi connectivity index (χ2n) is 4.53. The Morgan fingerprint density at radius 3 is 2.70 bits per heavy atom. The fraction of sp³-hybridized carbons (Fsp3) is 0.462. The maximum absolute atomic E-state index is 11.6. The highest BCUT2D eigenvalue weighted by molar-refractivity contribution is 7.89. The van der Waals surface area contributed by atoms with Crippen LogP contribution in [0.4, 0.5) is 0 Å². The molecule has 0 spiro atoms. The standard InChI is InChI=1S/C13H19ClN2O3S/c1-3-20(18,19)15-9-13(17)16-10(2)7-11-5-4-6-12(14)8-11/h4-6,8,10,15H,3,7,9H2,1-2H3,(H,16,17)/t10-/m0/s1. The van der Waals surface area contributed by atoms with E-state index in [9.17, 15) is 13.2 Å². The molecule has 1 amide bonds. The van der Waals surface area contributed by atoms with E-state index in [4.69, 9.17) is 11.6 Å². The van der Waals surface area contributed by atoms with Crippen molar-refractivity contribution in [1.82, 2.24) is 10.0 Å². The van der Waals surface area contributed by atoms with E-state index in [2.05, 4.69) is 10.0 Å². The van der Waals surface area contributed by atoms with E-state index in [1.165, 1.54) is 6.92 Å². The maximum Gasteiger partial charge on any atom is 0.235 e. The molecule has 5 nitrogen and oxygen atoms in total. The molecule has 0 aliphatic carbocycles. The Morgan fingerprint density at radius 1 is 1.40 bits per heavy atom. The van der Waals surface area contributed by atoms with E-state index in [1.54, 1.807) is 6.07 Å². The summed E-state index contributed by atoms with van der Waals surface area (Å²) in [6.07, 6.45) is 0.632. The Labute approximate surface area is 124 Å². The molecule has 1 atom stereocenters. The van der Waals surface area contributed by atoms with Gasteiger partial charge >= 0.3 is 0 Å². The third-order valence-electron chi connectivity index (χ3n) is 2.67. The van der Waals surface area contributed by atoms with Gasteiger partial charge in [-0.05, 0) is 38.0 Å². The molecule has 1 aromatic carbocycles. The van der Waals surface area contributed by atoms with Crippen LogP contribution in [0, 0.1) is 0 Å². The van der Waals surface area contributed by atoms with Gasteiger partial charge in [0.1, 0.15) is 0 Å². The molecule has 7 heteroatoms. The Kier molecular flexibility index (Phi) is 6.45. The molecule has 0 unspecified atom stereocenters. The fourth-order valence-corrected chi connectivity index (χ4v) is 2.44. The molecule has 1 aromatic rings. The lowest BCUT2D eigenvalue weighted by atomic mass is 10.1. The number of nitrogens with one attached hydrogen (secondary N) is 2. The van der Waals surface area contributed by atoms with Gasteiger partial charge in [0.25, 0.3) is 0 Å². The minimum Gasteiger partial charge on any atom is -0.352 e. The number of amides is 1. The fourth-order valence-electron chi connectivity index (χ4n) is 1.67. The summed E-state index contributed by atoms with van der Waals surface area (Å²) in [7, 11) is -3.34. The lowest BCUT2D eigenvalue weighted by molar-refractivity contribution is -0.120. The number of hydrogen-bond donors (Lipinski definition) is 2. The van der Waals surface area contributed by atoms with Gasteiger partial charge < -0.3 is 5.32 Å². The van der Waals surface area contributed by atoms with Crippen LogP contribution in [-0.2, 0) is 21.2 Å². The van der Waals surface area contributed by atoms with Crippen LogP contribution < -0.4 is 10.0 Å². The number of benzene rings is 1. The van der Waals surface area contributed by atoms with Gasteiger partial charge in [0.15, 0.2) is 0 Å². The molecule has 20 heavy (non-hydrogen) atoms. The monoisotopic (exact) mass is 318 g/mol. The first-order chi connectivity index (χ1) is 9.32. The molecule has 112 valence electrons. The van der Waals surface area contributed by atoms with Gasteiger partial charge in [0.2, 0.25) is 15.9 Å². The number of halogens is 1. The van der Waals surface area contributed by atoms with Gasteiger partial charge in [-0.15, -0.1) is 0 Å². The minimum atomic E-state index is -3.34. The average Bonchev–Trinajstić information content (AvgIpc) is 2.36. The number of carbonyl (C=O) groups is 1. The average molecular weight is 319 g/mol. The molecule has 0 saturated heterocycles. The molecule has 1 rings (SSSR count). The lowest BCUT2D eigenvalue weighted by Gasteiger charge is -2.14. The van der Waals surface area contributed by atoms with Crippen LogP contribution in [0.2, 0.25) is 5.02 Å². The predicted molar refractivity (Wildman–Crippen MR) is 80.2 cm³/mol. The van der Waals surface area contributed by atoms with Crippen LogP contribution in [0.3, 0.4) is 0 Å². The van der Waals surface area contributed by atoms with Crippen molar-refractivity contribution in [1.29, 1.82) is 0 Å². The summed E-state index contributed by atoms with van der Waals surface area (Å²) in [5.74, 6) is -0.394. The van der Waals surface area contributed by atoms with Gasteiger partial charge in [0.05, 0.1) is 12.3 Å². The Balaban J connectivity index is 2.42. The molecule has 0 aliphatic heterocycles. The first-order valence-electron chi connectivity index (χ1n) is 6.33. The van der Waals surface area contributed by atoms with E-state index in [0.29, 0.717) is 11.4 Å². The quantitative estimate of drug-likeness (QED) is 0.796. The van der Waals surface area contributed by atoms with Crippen molar-refractivity contribution in [2.75, 3.05) is 12.3 Å². The second-order valence-corrected chi connectivity index (χ2v) is 7.06. The number of carbonyl (C=O) groups excluding carboxylic acids is 1. The zero-order valence-corrected chi connectivity index (χ0v) is 13.1. The number of hydrogen-bond acceptors (Lipinski definition) is 3. The van der Waals surface area contributed by atoms with Gasteiger partial charge in [-0.2, -0.15) is 0 Å². The van der Waals surface area contributed by atoms with Crippen molar-refractivity contribution in [3.8, 4) is 0 Å². The third-order valence-corrected chi connectivity index (χ3v) is 4.25. The second kappa shape index (κ2) is 7.61. The highest BCUT2D eigenvalue weighted by atomic mass is 35.5. The highest BCUT2D eigenvalue weighted by Gasteiger charge is 2.12. The van der Waals surface area contributed by atoms with Crippen molar-refractivity contribution in [2.24, 2.45) is 0 Å². The molecule has 0 heterocycles. The molecule has 0 saturated carbocycles. The van der Waals surface area contributed by atoms with E-state index in [1.807, 2.05) is 25.1 Å². The van der Waals surface area contributed by atoms with Crippen molar-refractivity contribution >= 4 is 27.5 Å². The van der Waals surface area contributed by atoms with Gasteiger partial charge in [-0.3, -0.25) is 4.79 Å². The van der Waals surface area contributed by atoms with Gasteiger partial charge in [-0.25, -0.2) is 13.1 Å². The SMILES string of the molecule is CCS(=O)(=O)NCC(=O)N[C@@H](C)Cc1cccc(Cl)c1. The van der Waals surface area contributed by atoms with Gasteiger partial charge in [0, 0.05) is 11.1 Å². The topological polar surface area (TPSA) is 75.3 Å². The minimum absolute atomic E-state index is 0.0433. The van der Waals surface area contributed by atoms with Crippen LogP contribution >= 0.6 is 11.6 Å². The zero-order chi connectivity index (χ0) is 15.2. The first kappa shape index (κ1) is 16.9. The molecular formula is C13H19ClN2O3S. The Bertz CT molecular complexity index is 560. The van der Waals surface area contributed by atoms with Gasteiger partial charge in [-0.1, -0.05) is 23.7 Å². The molecule has 0 aromatic heterocycles. The Morgan fingerprint density at radius 2 is 2.10 bits per heavy atom. The van der Waals surface area contributed by atoms with Crippen molar-refractivity contribution in [3.05, 3.63) is 34.9 Å². The number of sulfonamides is 1. The van der Waals surface area contributed by atoms with Crippen LogP contribution in [0.25, 0.3) is 0 Å². The smallest absolute Gasteiger partial charge is 0.235 e. The van der Waals surface area contributed by atoms with Crippen molar-refractivity contribution in [2.45, 2.75) is 26.3 Å². The Hall–Kier alpha value is -1.11. The maximum atomic E-state index is 11.6. The van der Waals surface area contributed by atoms with E-state index >= 15 is 0 Å². The van der Waals surface area contributed by atoms with E-state index in [-0.39, 0.29) is 24.2 Å². The lowest BCUT2D eigenvalue weighted by Crippen LogP contribution is -2.41. The van der Waals surface area contributed by atoms with Crippen LogP contribution in [0.5, 0.6) is 0 Å².